The first kappa shape index (κ1) is 17.7. The van der Waals surface area contributed by atoms with Crippen molar-refractivity contribution in [1.82, 2.24) is 18.7 Å². The second-order valence-corrected chi connectivity index (χ2v) is 6.17. The average molecular weight is 360 g/mol. The van der Waals surface area contributed by atoms with Crippen LogP contribution in [0.1, 0.15) is 27.4 Å². The van der Waals surface area contributed by atoms with Crippen LogP contribution < -0.4 is 11.2 Å². The summed E-state index contributed by atoms with van der Waals surface area (Å²) in [6.07, 6.45) is 1.46. The fourth-order valence-electron chi connectivity index (χ4n) is 2.97. The number of esters is 1. The van der Waals surface area contributed by atoms with Crippen molar-refractivity contribution >= 4 is 17.1 Å². The molecule has 0 aliphatic rings. The summed E-state index contributed by atoms with van der Waals surface area (Å²) in [7, 11) is 2.96. The van der Waals surface area contributed by atoms with Gasteiger partial charge in [0, 0.05) is 19.7 Å². The van der Waals surface area contributed by atoms with Crippen LogP contribution in [-0.4, -0.2) is 31.3 Å². The first-order valence-corrected chi connectivity index (χ1v) is 8.08. The zero-order valence-electron chi connectivity index (χ0n) is 15.3. The topological polar surface area (TPSA) is 101 Å². The molecule has 26 heavy (non-hydrogen) atoms. The van der Waals surface area contributed by atoms with Crippen molar-refractivity contribution < 1.29 is 13.9 Å². The van der Waals surface area contributed by atoms with Crippen molar-refractivity contribution in [2.45, 2.75) is 27.3 Å². The van der Waals surface area contributed by atoms with Gasteiger partial charge >= 0.3 is 11.7 Å². The fourth-order valence-corrected chi connectivity index (χ4v) is 2.97. The molecule has 0 aromatic carbocycles. The number of hydrogen-bond acceptors (Lipinski definition) is 6. The maximum Gasteiger partial charge on any atom is 0.342 e. The number of imidazole rings is 1. The number of nitrogens with zero attached hydrogens (tertiary/aromatic N) is 4. The molecule has 0 atom stereocenters. The Bertz CT molecular complexity index is 1130. The van der Waals surface area contributed by atoms with Gasteiger partial charge in [0.1, 0.15) is 23.7 Å². The zero-order valence-corrected chi connectivity index (χ0v) is 15.3. The van der Waals surface area contributed by atoms with Gasteiger partial charge in [-0.15, -0.1) is 0 Å². The van der Waals surface area contributed by atoms with Gasteiger partial charge in [0.2, 0.25) is 0 Å². The summed E-state index contributed by atoms with van der Waals surface area (Å²) in [4.78, 5) is 40.7. The third-order valence-corrected chi connectivity index (χ3v) is 4.55. The SMILES string of the molecule is Cc1oc(C)c(C(=O)OCCn2cnc3c2c(=O)n(C)c(=O)n3C)c1C. The Kier molecular flexibility index (Phi) is 4.31. The Labute approximate surface area is 148 Å². The van der Waals surface area contributed by atoms with Crippen LogP contribution in [0.2, 0.25) is 0 Å². The Morgan fingerprint density at radius 2 is 1.85 bits per heavy atom. The van der Waals surface area contributed by atoms with Crippen LogP contribution in [0.5, 0.6) is 0 Å². The molecular formula is C17H20N4O5. The number of carbonyl (C=O) groups excluding carboxylic acids is 1. The van der Waals surface area contributed by atoms with E-state index in [1.54, 1.807) is 32.4 Å². The number of fused-ring (bicyclic) bond motifs is 1. The molecule has 3 aromatic heterocycles. The number of furan rings is 1. The normalized spacial score (nSPS) is 11.3. The van der Waals surface area contributed by atoms with E-state index in [2.05, 4.69) is 4.98 Å². The van der Waals surface area contributed by atoms with E-state index in [0.717, 1.165) is 10.1 Å². The maximum atomic E-state index is 12.4. The summed E-state index contributed by atoms with van der Waals surface area (Å²) in [6, 6.07) is 0. The average Bonchev–Trinajstić information content (AvgIpc) is 3.12. The summed E-state index contributed by atoms with van der Waals surface area (Å²) in [5.41, 5.74) is 0.879. The minimum Gasteiger partial charge on any atom is -0.465 e. The monoisotopic (exact) mass is 360 g/mol. The molecular weight excluding hydrogens is 340 g/mol. The molecule has 0 saturated carbocycles. The van der Waals surface area contributed by atoms with Crippen molar-refractivity contribution in [3.05, 3.63) is 49.8 Å². The van der Waals surface area contributed by atoms with Gasteiger partial charge in [-0.2, -0.15) is 0 Å². The lowest BCUT2D eigenvalue weighted by Gasteiger charge is -2.08. The lowest BCUT2D eigenvalue weighted by Crippen LogP contribution is -2.37. The van der Waals surface area contributed by atoms with Crippen LogP contribution in [0, 0.1) is 20.8 Å². The van der Waals surface area contributed by atoms with Crippen molar-refractivity contribution in [3.63, 3.8) is 0 Å². The summed E-state index contributed by atoms with van der Waals surface area (Å²) >= 11 is 0. The van der Waals surface area contributed by atoms with E-state index < -0.39 is 17.2 Å². The number of ether oxygens (including phenoxy) is 1. The summed E-state index contributed by atoms with van der Waals surface area (Å²) in [5, 5.41) is 0. The highest BCUT2D eigenvalue weighted by Crippen LogP contribution is 2.21. The van der Waals surface area contributed by atoms with Crippen LogP contribution in [0.4, 0.5) is 0 Å². The van der Waals surface area contributed by atoms with E-state index in [-0.39, 0.29) is 18.7 Å². The Hall–Kier alpha value is -3.10. The molecule has 3 rings (SSSR count). The third-order valence-electron chi connectivity index (χ3n) is 4.55. The Balaban J connectivity index is 1.82. The van der Waals surface area contributed by atoms with E-state index in [1.807, 2.05) is 0 Å². The van der Waals surface area contributed by atoms with Gasteiger partial charge in [0.15, 0.2) is 11.2 Å². The second-order valence-electron chi connectivity index (χ2n) is 6.17. The highest BCUT2D eigenvalue weighted by atomic mass is 16.5. The Morgan fingerprint density at radius 3 is 2.46 bits per heavy atom. The number of aromatic nitrogens is 4. The highest BCUT2D eigenvalue weighted by Gasteiger charge is 2.20. The Morgan fingerprint density at radius 1 is 1.15 bits per heavy atom. The predicted molar refractivity (Wildman–Crippen MR) is 93.4 cm³/mol. The van der Waals surface area contributed by atoms with Gasteiger partial charge in [-0.3, -0.25) is 13.9 Å². The van der Waals surface area contributed by atoms with E-state index in [1.165, 1.54) is 17.9 Å². The number of aryl methyl sites for hydroxylation is 3. The minimum absolute atomic E-state index is 0.0550. The molecule has 9 heteroatoms. The molecule has 3 heterocycles. The van der Waals surface area contributed by atoms with Gasteiger partial charge in [-0.1, -0.05) is 0 Å². The summed E-state index contributed by atoms with van der Waals surface area (Å²) < 4.78 is 14.7. The lowest BCUT2D eigenvalue weighted by atomic mass is 10.1. The lowest BCUT2D eigenvalue weighted by molar-refractivity contribution is 0.0489. The van der Waals surface area contributed by atoms with E-state index in [0.29, 0.717) is 22.7 Å². The third kappa shape index (κ3) is 2.65. The van der Waals surface area contributed by atoms with Crippen molar-refractivity contribution in [2.24, 2.45) is 14.1 Å². The number of hydrogen-bond donors (Lipinski definition) is 0. The van der Waals surface area contributed by atoms with Crippen molar-refractivity contribution in [3.8, 4) is 0 Å². The van der Waals surface area contributed by atoms with E-state index in [9.17, 15) is 14.4 Å². The van der Waals surface area contributed by atoms with Gasteiger partial charge in [-0.05, 0) is 20.8 Å². The molecule has 0 amide bonds. The molecule has 0 unspecified atom stereocenters. The largest absolute Gasteiger partial charge is 0.465 e. The molecule has 3 aromatic rings. The molecule has 0 bridgehead atoms. The van der Waals surface area contributed by atoms with Crippen LogP contribution in [0.25, 0.3) is 11.2 Å². The van der Waals surface area contributed by atoms with Gasteiger partial charge in [0.25, 0.3) is 5.56 Å². The van der Waals surface area contributed by atoms with Crippen LogP contribution in [0.15, 0.2) is 20.3 Å². The number of rotatable bonds is 4. The molecule has 0 N–H and O–H groups in total. The standard InChI is InChI=1S/C17H20N4O5/c1-9-10(2)26-11(3)12(9)16(23)25-7-6-21-8-18-14-13(21)15(22)20(5)17(24)19(14)4/h8H,6-7H2,1-5H3. The first-order chi connectivity index (χ1) is 12.2. The van der Waals surface area contributed by atoms with E-state index in [4.69, 9.17) is 9.15 Å². The fraction of sp³-hybridized carbons (Fsp3) is 0.412. The maximum absolute atomic E-state index is 12.4. The van der Waals surface area contributed by atoms with Gasteiger partial charge in [-0.25, -0.2) is 14.6 Å². The molecule has 0 aliphatic heterocycles. The van der Waals surface area contributed by atoms with Crippen LogP contribution >= 0.6 is 0 Å². The van der Waals surface area contributed by atoms with Gasteiger partial charge in [0.05, 0.1) is 12.9 Å². The second kappa shape index (κ2) is 6.32. The smallest absolute Gasteiger partial charge is 0.342 e. The molecule has 0 saturated heterocycles. The molecule has 9 nitrogen and oxygen atoms in total. The minimum atomic E-state index is -0.471. The quantitative estimate of drug-likeness (QED) is 0.638. The molecule has 0 fully saturated rings. The van der Waals surface area contributed by atoms with Crippen LogP contribution in [-0.2, 0) is 25.4 Å². The summed E-state index contributed by atoms with van der Waals surface area (Å²) in [5.74, 6) is 0.725. The molecule has 0 aliphatic carbocycles. The predicted octanol–water partition coefficient (Wildman–Crippen LogP) is 0.809. The van der Waals surface area contributed by atoms with Crippen molar-refractivity contribution in [2.75, 3.05) is 6.61 Å². The molecule has 0 radical (unpaired) electrons. The molecule has 0 spiro atoms. The van der Waals surface area contributed by atoms with Gasteiger partial charge < -0.3 is 13.7 Å². The van der Waals surface area contributed by atoms with Crippen LogP contribution in [0.3, 0.4) is 0 Å². The number of carbonyl (C=O) groups is 1. The van der Waals surface area contributed by atoms with E-state index >= 15 is 0 Å². The van der Waals surface area contributed by atoms with Crippen molar-refractivity contribution in [1.29, 1.82) is 0 Å². The highest BCUT2D eigenvalue weighted by molar-refractivity contribution is 5.92. The zero-order chi connectivity index (χ0) is 19.2. The molecule has 138 valence electrons. The summed E-state index contributed by atoms with van der Waals surface area (Å²) in [6.45, 7) is 5.60. The first-order valence-electron chi connectivity index (χ1n) is 8.08.